The lowest BCUT2D eigenvalue weighted by Gasteiger charge is -2.35. The molecular formula is C31H35N5O4. The summed E-state index contributed by atoms with van der Waals surface area (Å²) in [5.74, 6) is 0.673. The number of benzene rings is 3. The van der Waals surface area contributed by atoms with Gasteiger partial charge in [-0.2, -0.15) is 0 Å². The van der Waals surface area contributed by atoms with E-state index in [1.807, 2.05) is 55.5 Å². The molecule has 3 aromatic carbocycles. The van der Waals surface area contributed by atoms with Crippen LogP contribution < -0.4 is 10.5 Å². The molecule has 1 atom stereocenters. The van der Waals surface area contributed by atoms with Crippen LogP contribution in [0.15, 0.2) is 54.6 Å². The number of hydrogen-bond acceptors (Lipinski definition) is 6. The minimum Gasteiger partial charge on any atom is -0.490 e. The van der Waals surface area contributed by atoms with E-state index in [1.54, 1.807) is 11.0 Å². The zero-order valence-electron chi connectivity index (χ0n) is 22.9. The number of nitrogens with one attached hydrogen (secondary N) is 2. The van der Waals surface area contributed by atoms with Gasteiger partial charge in [0.2, 0.25) is 0 Å². The highest BCUT2D eigenvalue weighted by molar-refractivity contribution is 6.00. The van der Waals surface area contributed by atoms with Crippen molar-refractivity contribution in [1.82, 2.24) is 9.80 Å². The fraction of sp³-hybridized carbons (Fsp3) is 0.355. The molecule has 0 bridgehead atoms. The molecule has 0 spiro atoms. The molecule has 2 aliphatic heterocycles. The first-order chi connectivity index (χ1) is 19.2. The van der Waals surface area contributed by atoms with E-state index < -0.39 is 12.0 Å². The predicted molar refractivity (Wildman–Crippen MR) is 154 cm³/mol. The average molecular weight is 542 g/mol. The van der Waals surface area contributed by atoms with Crippen molar-refractivity contribution in [1.29, 1.82) is 10.8 Å². The quantitative estimate of drug-likeness (QED) is 0.237. The smallest absolute Gasteiger partial charge is 0.328 e. The Morgan fingerprint density at radius 1 is 1.02 bits per heavy atom. The molecule has 0 aliphatic carbocycles. The van der Waals surface area contributed by atoms with Crippen molar-refractivity contribution >= 4 is 34.3 Å². The molecule has 208 valence electrons. The number of amides is 1. The SMILES string of the molecule is COC(=O)C(Cc1ccc2ccc(C(=N)N)cc2c1)N1CCc2cc(OC3CCN(C(C)=N)CC3)ccc2C1=O. The second-order valence-electron chi connectivity index (χ2n) is 10.5. The molecule has 4 N–H and O–H groups in total. The van der Waals surface area contributed by atoms with Gasteiger partial charge in [0, 0.05) is 50.0 Å². The van der Waals surface area contributed by atoms with E-state index in [1.165, 1.54) is 7.11 Å². The molecule has 5 rings (SSSR count). The van der Waals surface area contributed by atoms with E-state index in [2.05, 4.69) is 4.90 Å². The van der Waals surface area contributed by atoms with Crippen LogP contribution in [0.25, 0.3) is 10.8 Å². The number of esters is 1. The summed E-state index contributed by atoms with van der Waals surface area (Å²) in [5.41, 5.74) is 8.67. The van der Waals surface area contributed by atoms with E-state index >= 15 is 0 Å². The molecule has 0 saturated carbocycles. The van der Waals surface area contributed by atoms with Crippen molar-refractivity contribution < 1.29 is 19.1 Å². The van der Waals surface area contributed by atoms with Crippen LogP contribution in [0.4, 0.5) is 0 Å². The van der Waals surface area contributed by atoms with Gasteiger partial charge in [0.05, 0.1) is 12.9 Å². The lowest BCUT2D eigenvalue weighted by Crippen LogP contribution is -2.50. The van der Waals surface area contributed by atoms with E-state index in [9.17, 15) is 9.59 Å². The Morgan fingerprint density at radius 3 is 2.48 bits per heavy atom. The summed E-state index contributed by atoms with van der Waals surface area (Å²) in [6, 6.07) is 16.3. The first-order valence-electron chi connectivity index (χ1n) is 13.6. The molecule has 1 saturated heterocycles. The van der Waals surface area contributed by atoms with Crippen molar-refractivity contribution in [2.24, 2.45) is 5.73 Å². The predicted octanol–water partition coefficient (Wildman–Crippen LogP) is 3.75. The maximum absolute atomic E-state index is 13.6. The number of piperidine rings is 1. The van der Waals surface area contributed by atoms with Gasteiger partial charge in [0.25, 0.3) is 5.91 Å². The molecule has 2 aliphatic rings. The molecule has 0 radical (unpaired) electrons. The van der Waals surface area contributed by atoms with E-state index in [-0.39, 0.29) is 17.8 Å². The molecule has 2 heterocycles. The topological polar surface area (TPSA) is 133 Å². The third-order valence-electron chi connectivity index (χ3n) is 7.90. The maximum Gasteiger partial charge on any atom is 0.328 e. The summed E-state index contributed by atoms with van der Waals surface area (Å²) in [4.78, 5) is 30.2. The number of nitrogens with two attached hydrogens (primary N) is 1. The highest BCUT2D eigenvalue weighted by atomic mass is 16.5. The first-order valence-corrected chi connectivity index (χ1v) is 13.6. The number of amidine groups is 2. The number of carbonyl (C=O) groups is 2. The number of fused-ring (bicyclic) bond motifs is 2. The number of methoxy groups -OCH3 is 1. The Morgan fingerprint density at radius 2 is 1.77 bits per heavy atom. The molecule has 9 nitrogen and oxygen atoms in total. The van der Waals surface area contributed by atoms with Gasteiger partial charge in [-0.3, -0.25) is 15.6 Å². The zero-order chi connectivity index (χ0) is 28.4. The lowest BCUT2D eigenvalue weighted by molar-refractivity contribution is -0.146. The first kappa shape index (κ1) is 27.2. The van der Waals surface area contributed by atoms with Gasteiger partial charge < -0.3 is 25.0 Å². The van der Waals surface area contributed by atoms with Crippen molar-refractivity contribution in [3.8, 4) is 5.75 Å². The Hall–Kier alpha value is -4.40. The minimum absolute atomic E-state index is 0.00542. The number of nitrogens with zero attached hydrogens (tertiary/aromatic N) is 2. The second kappa shape index (κ2) is 11.4. The average Bonchev–Trinajstić information content (AvgIpc) is 2.95. The van der Waals surface area contributed by atoms with Crippen LogP contribution >= 0.6 is 0 Å². The Kier molecular flexibility index (Phi) is 7.73. The highest BCUT2D eigenvalue weighted by Crippen LogP contribution is 2.28. The fourth-order valence-electron chi connectivity index (χ4n) is 5.63. The molecule has 1 amide bonds. The number of likely N-dealkylation sites (tertiary alicyclic amines) is 1. The van der Waals surface area contributed by atoms with Gasteiger partial charge in [0.1, 0.15) is 23.7 Å². The summed E-state index contributed by atoms with van der Waals surface area (Å²) >= 11 is 0. The van der Waals surface area contributed by atoms with Crippen molar-refractivity contribution in [2.45, 2.75) is 44.8 Å². The van der Waals surface area contributed by atoms with Gasteiger partial charge in [-0.15, -0.1) is 0 Å². The summed E-state index contributed by atoms with van der Waals surface area (Å²) in [7, 11) is 1.34. The van der Waals surface area contributed by atoms with Gasteiger partial charge in [-0.25, -0.2) is 4.79 Å². The van der Waals surface area contributed by atoms with Crippen LogP contribution in [0.3, 0.4) is 0 Å². The van der Waals surface area contributed by atoms with Crippen molar-refractivity contribution in [3.63, 3.8) is 0 Å². The number of carbonyl (C=O) groups excluding carboxylic acids is 2. The number of nitrogen functional groups attached to an aromatic ring is 1. The van der Waals surface area contributed by atoms with Crippen LogP contribution in [0.1, 0.15) is 46.8 Å². The van der Waals surface area contributed by atoms with Crippen molar-refractivity contribution in [2.75, 3.05) is 26.7 Å². The van der Waals surface area contributed by atoms with Gasteiger partial charge in [-0.05, 0) is 59.5 Å². The largest absolute Gasteiger partial charge is 0.490 e. The molecule has 0 aromatic heterocycles. The van der Waals surface area contributed by atoms with E-state index in [0.717, 1.165) is 53.6 Å². The van der Waals surface area contributed by atoms with Crippen molar-refractivity contribution in [3.05, 3.63) is 76.9 Å². The lowest BCUT2D eigenvalue weighted by atomic mass is 9.94. The Balaban J connectivity index is 1.32. The maximum atomic E-state index is 13.6. The zero-order valence-corrected chi connectivity index (χ0v) is 22.9. The normalized spacial score (nSPS) is 16.4. The second-order valence-corrected chi connectivity index (χ2v) is 10.5. The fourth-order valence-corrected chi connectivity index (χ4v) is 5.63. The Labute approximate surface area is 233 Å². The molecule has 1 fully saturated rings. The summed E-state index contributed by atoms with van der Waals surface area (Å²) < 4.78 is 11.4. The molecule has 9 heteroatoms. The van der Waals surface area contributed by atoms with Crippen LogP contribution in [0, 0.1) is 10.8 Å². The van der Waals surface area contributed by atoms with Gasteiger partial charge in [-0.1, -0.05) is 30.3 Å². The number of ether oxygens (including phenoxy) is 2. The van der Waals surface area contributed by atoms with Crippen LogP contribution in [0.5, 0.6) is 5.75 Å². The van der Waals surface area contributed by atoms with E-state index in [4.69, 9.17) is 26.0 Å². The third kappa shape index (κ3) is 5.64. The molecule has 40 heavy (non-hydrogen) atoms. The summed E-state index contributed by atoms with van der Waals surface area (Å²) in [5, 5.41) is 17.5. The highest BCUT2D eigenvalue weighted by Gasteiger charge is 2.35. The Bertz CT molecular complexity index is 1480. The van der Waals surface area contributed by atoms with Crippen LogP contribution in [-0.2, 0) is 22.4 Å². The van der Waals surface area contributed by atoms with Gasteiger partial charge in [0.15, 0.2) is 0 Å². The monoisotopic (exact) mass is 541 g/mol. The van der Waals surface area contributed by atoms with Gasteiger partial charge >= 0.3 is 5.97 Å². The molecular weight excluding hydrogens is 506 g/mol. The third-order valence-corrected chi connectivity index (χ3v) is 7.90. The number of rotatable bonds is 7. The minimum atomic E-state index is -0.766. The molecule has 1 unspecified atom stereocenters. The van der Waals surface area contributed by atoms with Crippen LogP contribution in [0.2, 0.25) is 0 Å². The summed E-state index contributed by atoms with van der Waals surface area (Å²) in [6.45, 7) is 3.82. The standard InChI is InChI=1S/C31H35N5O4/c1-19(32)35-12-10-25(11-13-35)40-26-7-8-27-22(18-26)9-14-36(30(27)37)28(31(38)39-2)16-20-3-4-21-5-6-23(29(33)34)17-24(21)15-20/h3-8,15,17-18,25,28,32H,9-14,16H2,1-2H3,(H3,33,34). The van der Waals surface area contributed by atoms with E-state index in [0.29, 0.717) is 36.3 Å². The molecule has 3 aromatic rings. The van der Waals surface area contributed by atoms with Crippen LogP contribution in [-0.4, -0.2) is 72.2 Å². The number of hydrogen-bond donors (Lipinski definition) is 3. The summed E-state index contributed by atoms with van der Waals surface area (Å²) in [6.07, 6.45) is 2.71.